The van der Waals surface area contributed by atoms with Crippen molar-refractivity contribution in [1.82, 2.24) is 5.32 Å². The van der Waals surface area contributed by atoms with Crippen molar-refractivity contribution >= 4 is 17.2 Å². The van der Waals surface area contributed by atoms with Crippen LogP contribution in [0.15, 0.2) is 17.5 Å². The fourth-order valence-electron chi connectivity index (χ4n) is 1.31. The summed E-state index contributed by atoms with van der Waals surface area (Å²) in [5, 5.41) is 5.08. The normalized spacial score (nSPS) is 12.9. The molecule has 0 bridgehead atoms. The van der Waals surface area contributed by atoms with Crippen molar-refractivity contribution in [2.75, 3.05) is 0 Å². The van der Waals surface area contributed by atoms with E-state index in [0.29, 0.717) is 12.3 Å². The van der Waals surface area contributed by atoms with Gasteiger partial charge >= 0.3 is 0 Å². The van der Waals surface area contributed by atoms with Crippen molar-refractivity contribution in [1.29, 1.82) is 0 Å². The summed E-state index contributed by atoms with van der Waals surface area (Å²) in [7, 11) is 0. The first-order chi connectivity index (χ1) is 6.65. The summed E-state index contributed by atoms with van der Waals surface area (Å²) in [5.41, 5.74) is 0. The highest BCUT2D eigenvalue weighted by molar-refractivity contribution is 7.10. The van der Waals surface area contributed by atoms with Crippen LogP contribution in [0.3, 0.4) is 0 Å². The summed E-state index contributed by atoms with van der Waals surface area (Å²) in [4.78, 5) is 12.6. The molecule has 0 aliphatic rings. The van der Waals surface area contributed by atoms with Crippen molar-refractivity contribution in [2.24, 2.45) is 5.92 Å². The van der Waals surface area contributed by atoms with E-state index in [0.717, 1.165) is 0 Å². The van der Waals surface area contributed by atoms with Crippen molar-refractivity contribution < 1.29 is 4.79 Å². The molecule has 1 unspecified atom stereocenters. The molecule has 1 heterocycles. The Morgan fingerprint density at radius 1 is 1.57 bits per heavy atom. The van der Waals surface area contributed by atoms with Crippen LogP contribution >= 0.6 is 11.3 Å². The Morgan fingerprint density at radius 2 is 2.29 bits per heavy atom. The van der Waals surface area contributed by atoms with Crippen molar-refractivity contribution in [3.8, 4) is 0 Å². The van der Waals surface area contributed by atoms with E-state index in [1.54, 1.807) is 11.3 Å². The number of carbonyl (C=O) groups is 1. The minimum atomic E-state index is 0.122. The summed E-state index contributed by atoms with van der Waals surface area (Å²) in [6.45, 7) is 6.13. The van der Waals surface area contributed by atoms with Gasteiger partial charge in [0, 0.05) is 11.3 Å². The minimum Gasteiger partial charge on any atom is -0.348 e. The molecule has 1 atom stereocenters. The van der Waals surface area contributed by atoms with E-state index < -0.39 is 0 Å². The first kappa shape index (κ1) is 11.2. The third-order valence-corrected chi connectivity index (χ3v) is 3.11. The molecule has 0 aliphatic heterocycles. The Morgan fingerprint density at radius 3 is 2.71 bits per heavy atom. The number of carbonyl (C=O) groups excluding carboxylic acids is 1. The van der Waals surface area contributed by atoms with E-state index in [1.165, 1.54) is 4.88 Å². The SMILES string of the molecule is CCC(=O)NC(c1cccs1)C(C)C. The van der Waals surface area contributed by atoms with Gasteiger partial charge in [-0.25, -0.2) is 0 Å². The number of rotatable bonds is 4. The molecule has 1 rings (SSSR count). The Labute approximate surface area is 89.3 Å². The number of hydrogen-bond acceptors (Lipinski definition) is 2. The van der Waals surface area contributed by atoms with Crippen LogP contribution in [0.2, 0.25) is 0 Å². The molecule has 14 heavy (non-hydrogen) atoms. The molecule has 78 valence electrons. The monoisotopic (exact) mass is 211 g/mol. The largest absolute Gasteiger partial charge is 0.348 e. The zero-order valence-corrected chi connectivity index (χ0v) is 9.73. The van der Waals surface area contributed by atoms with E-state index in [2.05, 4.69) is 25.2 Å². The number of amides is 1. The molecule has 0 saturated heterocycles. The Bertz CT molecular complexity index is 279. The maximum absolute atomic E-state index is 11.3. The molecule has 0 saturated carbocycles. The molecular formula is C11H17NOS. The standard InChI is InChI=1S/C11H17NOS/c1-4-10(13)12-11(8(2)3)9-6-5-7-14-9/h5-8,11H,4H2,1-3H3,(H,12,13). The average Bonchev–Trinajstić information content (AvgIpc) is 2.65. The van der Waals surface area contributed by atoms with Gasteiger partial charge in [-0.1, -0.05) is 26.8 Å². The van der Waals surface area contributed by atoms with Crippen molar-refractivity contribution in [2.45, 2.75) is 33.2 Å². The molecular weight excluding hydrogens is 194 g/mol. The highest BCUT2D eigenvalue weighted by atomic mass is 32.1. The topological polar surface area (TPSA) is 29.1 Å². The van der Waals surface area contributed by atoms with Crippen LogP contribution in [0, 0.1) is 5.92 Å². The first-order valence-electron chi connectivity index (χ1n) is 4.98. The fourth-order valence-corrected chi connectivity index (χ4v) is 2.26. The molecule has 1 aromatic rings. The van der Waals surface area contributed by atoms with Crippen LogP contribution in [0.1, 0.15) is 38.1 Å². The summed E-state index contributed by atoms with van der Waals surface area (Å²) in [5.74, 6) is 0.557. The lowest BCUT2D eigenvalue weighted by Crippen LogP contribution is -2.30. The Hall–Kier alpha value is -0.830. The highest BCUT2D eigenvalue weighted by Gasteiger charge is 2.17. The predicted molar refractivity (Wildman–Crippen MR) is 60.3 cm³/mol. The van der Waals surface area contributed by atoms with E-state index >= 15 is 0 Å². The van der Waals surface area contributed by atoms with Gasteiger partial charge in [0.2, 0.25) is 5.91 Å². The van der Waals surface area contributed by atoms with Crippen LogP contribution in [0.25, 0.3) is 0 Å². The Balaban J connectivity index is 2.70. The van der Waals surface area contributed by atoms with E-state index in [-0.39, 0.29) is 11.9 Å². The van der Waals surface area contributed by atoms with Crippen LogP contribution < -0.4 is 5.32 Å². The van der Waals surface area contributed by atoms with Gasteiger partial charge in [0.1, 0.15) is 0 Å². The molecule has 0 fully saturated rings. The fraction of sp³-hybridized carbons (Fsp3) is 0.545. The quantitative estimate of drug-likeness (QED) is 0.815. The van der Waals surface area contributed by atoms with Gasteiger partial charge in [0.25, 0.3) is 0 Å². The molecule has 0 aromatic carbocycles. The lowest BCUT2D eigenvalue weighted by Gasteiger charge is -2.20. The van der Waals surface area contributed by atoms with Gasteiger partial charge in [0.05, 0.1) is 6.04 Å². The lowest BCUT2D eigenvalue weighted by molar-refractivity contribution is -0.121. The maximum Gasteiger partial charge on any atom is 0.220 e. The van der Waals surface area contributed by atoms with Crippen molar-refractivity contribution in [3.05, 3.63) is 22.4 Å². The molecule has 0 radical (unpaired) electrons. The second-order valence-corrected chi connectivity index (χ2v) is 4.64. The number of nitrogens with one attached hydrogen (secondary N) is 1. The maximum atomic E-state index is 11.3. The van der Waals surface area contributed by atoms with Gasteiger partial charge in [-0.2, -0.15) is 0 Å². The zero-order chi connectivity index (χ0) is 10.6. The minimum absolute atomic E-state index is 0.122. The lowest BCUT2D eigenvalue weighted by atomic mass is 10.0. The predicted octanol–water partition coefficient (Wildman–Crippen LogP) is 2.97. The molecule has 2 nitrogen and oxygen atoms in total. The summed E-state index contributed by atoms with van der Waals surface area (Å²) < 4.78 is 0. The van der Waals surface area contributed by atoms with E-state index in [4.69, 9.17) is 0 Å². The Kier molecular flexibility index (Phi) is 4.14. The summed E-state index contributed by atoms with van der Waals surface area (Å²) in [6, 6.07) is 4.26. The third kappa shape index (κ3) is 2.84. The van der Waals surface area contributed by atoms with Gasteiger partial charge in [-0.15, -0.1) is 11.3 Å². The summed E-state index contributed by atoms with van der Waals surface area (Å²) in [6.07, 6.45) is 0.550. The van der Waals surface area contributed by atoms with Crippen LogP contribution in [-0.4, -0.2) is 5.91 Å². The van der Waals surface area contributed by atoms with Gasteiger partial charge < -0.3 is 5.32 Å². The van der Waals surface area contributed by atoms with Crippen LogP contribution in [0.4, 0.5) is 0 Å². The number of thiophene rings is 1. The van der Waals surface area contributed by atoms with Crippen LogP contribution in [-0.2, 0) is 4.79 Å². The molecule has 0 spiro atoms. The smallest absolute Gasteiger partial charge is 0.220 e. The van der Waals surface area contributed by atoms with Gasteiger partial charge in [-0.05, 0) is 17.4 Å². The molecule has 3 heteroatoms. The highest BCUT2D eigenvalue weighted by Crippen LogP contribution is 2.25. The second-order valence-electron chi connectivity index (χ2n) is 3.66. The first-order valence-corrected chi connectivity index (χ1v) is 5.85. The second kappa shape index (κ2) is 5.15. The van der Waals surface area contributed by atoms with E-state index in [1.807, 2.05) is 18.4 Å². The molecule has 1 amide bonds. The zero-order valence-electron chi connectivity index (χ0n) is 8.91. The molecule has 1 N–H and O–H groups in total. The summed E-state index contributed by atoms with van der Waals surface area (Å²) >= 11 is 1.70. The van der Waals surface area contributed by atoms with Gasteiger partial charge in [0.15, 0.2) is 0 Å². The number of hydrogen-bond donors (Lipinski definition) is 1. The third-order valence-electron chi connectivity index (χ3n) is 2.15. The molecule has 0 aliphatic carbocycles. The molecule has 1 aromatic heterocycles. The van der Waals surface area contributed by atoms with Crippen LogP contribution in [0.5, 0.6) is 0 Å². The van der Waals surface area contributed by atoms with Gasteiger partial charge in [-0.3, -0.25) is 4.79 Å². The average molecular weight is 211 g/mol. The van der Waals surface area contributed by atoms with E-state index in [9.17, 15) is 4.79 Å². The van der Waals surface area contributed by atoms with Crippen molar-refractivity contribution in [3.63, 3.8) is 0 Å².